The fraction of sp³-hybridized carbons (Fsp3) is 0.130. The van der Waals surface area contributed by atoms with Gasteiger partial charge in [-0.3, -0.25) is 9.59 Å². The highest BCUT2D eigenvalue weighted by atomic mass is 32.1. The Labute approximate surface area is 188 Å². The minimum atomic E-state index is -0.142. The maximum absolute atomic E-state index is 12.4. The zero-order chi connectivity index (χ0) is 21.6. The zero-order valence-corrected chi connectivity index (χ0v) is 18.4. The highest BCUT2D eigenvalue weighted by Gasteiger charge is 2.12. The smallest absolute Gasteiger partial charge is 0.232 e. The van der Waals surface area contributed by atoms with Crippen LogP contribution in [0.3, 0.4) is 0 Å². The van der Waals surface area contributed by atoms with Crippen molar-refractivity contribution in [1.29, 1.82) is 0 Å². The molecule has 0 aliphatic rings. The Morgan fingerprint density at radius 2 is 1.68 bits per heavy atom. The lowest BCUT2D eigenvalue weighted by atomic mass is 10.1. The van der Waals surface area contributed by atoms with E-state index in [0.717, 1.165) is 33.1 Å². The fourth-order valence-corrected chi connectivity index (χ4v) is 4.47. The Morgan fingerprint density at radius 3 is 2.42 bits per heavy atom. The van der Waals surface area contributed by atoms with Crippen LogP contribution in [-0.4, -0.2) is 21.8 Å². The number of thiazole rings is 2. The fourth-order valence-electron chi connectivity index (χ4n) is 2.91. The van der Waals surface area contributed by atoms with E-state index in [1.165, 1.54) is 29.6 Å². The normalized spacial score (nSPS) is 10.6. The van der Waals surface area contributed by atoms with Crippen LogP contribution in [0.1, 0.15) is 18.2 Å². The van der Waals surface area contributed by atoms with Gasteiger partial charge in [-0.15, -0.1) is 22.7 Å². The Hall–Kier alpha value is -3.36. The molecule has 31 heavy (non-hydrogen) atoms. The molecule has 156 valence electrons. The van der Waals surface area contributed by atoms with Crippen molar-refractivity contribution in [2.24, 2.45) is 0 Å². The third-order valence-corrected chi connectivity index (χ3v) is 6.15. The quantitative estimate of drug-likeness (QED) is 0.427. The van der Waals surface area contributed by atoms with Crippen LogP contribution in [0, 0.1) is 0 Å². The molecular weight excluding hydrogens is 428 g/mol. The highest BCUT2D eigenvalue weighted by molar-refractivity contribution is 7.14. The number of carbonyl (C=O) groups excluding carboxylic acids is 2. The second-order valence-electron chi connectivity index (χ2n) is 6.88. The number of nitrogens with zero attached hydrogens (tertiary/aromatic N) is 2. The van der Waals surface area contributed by atoms with Crippen molar-refractivity contribution in [3.05, 3.63) is 76.6 Å². The SMILES string of the molecule is CC(=O)NCc1ccc(-c2csc(NC(=O)Cc3csc(-c4ccccc4)n3)n2)cc1. The molecule has 0 fully saturated rings. The average molecular weight is 449 g/mol. The van der Waals surface area contributed by atoms with Gasteiger partial charge in [0.2, 0.25) is 11.8 Å². The van der Waals surface area contributed by atoms with Gasteiger partial charge < -0.3 is 10.6 Å². The number of rotatable bonds is 7. The Bertz CT molecular complexity index is 1180. The molecule has 8 heteroatoms. The van der Waals surface area contributed by atoms with E-state index in [0.29, 0.717) is 11.7 Å². The van der Waals surface area contributed by atoms with Crippen molar-refractivity contribution < 1.29 is 9.59 Å². The first-order valence-corrected chi connectivity index (χ1v) is 11.4. The monoisotopic (exact) mass is 448 g/mol. The molecule has 4 rings (SSSR count). The van der Waals surface area contributed by atoms with Gasteiger partial charge in [-0.05, 0) is 5.56 Å². The van der Waals surface area contributed by atoms with Gasteiger partial charge in [0.05, 0.1) is 17.8 Å². The highest BCUT2D eigenvalue weighted by Crippen LogP contribution is 2.26. The first kappa shape index (κ1) is 20.9. The number of anilines is 1. The lowest BCUT2D eigenvalue weighted by Crippen LogP contribution is -2.18. The van der Waals surface area contributed by atoms with Crippen LogP contribution >= 0.6 is 22.7 Å². The Morgan fingerprint density at radius 1 is 0.903 bits per heavy atom. The van der Waals surface area contributed by atoms with Gasteiger partial charge in [0.25, 0.3) is 0 Å². The molecule has 0 unspecified atom stereocenters. The predicted octanol–water partition coefficient (Wildman–Crippen LogP) is 4.75. The summed E-state index contributed by atoms with van der Waals surface area (Å²) in [4.78, 5) is 32.5. The molecule has 0 bridgehead atoms. The summed E-state index contributed by atoms with van der Waals surface area (Å²) >= 11 is 2.92. The zero-order valence-electron chi connectivity index (χ0n) is 16.8. The van der Waals surface area contributed by atoms with Gasteiger partial charge in [-0.2, -0.15) is 0 Å². The van der Waals surface area contributed by atoms with Gasteiger partial charge >= 0.3 is 0 Å². The molecule has 2 N–H and O–H groups in total. The molecule has 0 spiro atoms. The molecule has 0 radical (unpaired) electrons. The molecule has 2 amide bonds. The summed E-state index contributed by atoms with van der Waals surface area (Å²) in [6.07, 6.45) is 0.204. The summed E-state index contributed by atoms with van der Waals surface area (Å²) in [6.45, 7) is 1.99. The number of aromatic nitrogens is 2. The molecule has 0 atom stereocenters. The van der Waals surface area contributed by atoms with Crippen molar-refractivity contribution in [1.82, 2.24) is 15.3 Å². The minimum absolute atomic E-state index is 0.0575. The summed E-state index contributed by atoms with van der Waals surface area (Å²) in [5.41, 5.74) is 4.56. The summed E-state index contributed by atoms with van der Waals surface area (Å²) in [5.74, 6) is -0.200. The molecule has 0 saturated heterocycles. The number of nitrogens with one attached hydrogen (secondary N) is 2. The van der Waals surface area contributed by atoms with Crippen molar-refractivity contribution in [3.63, 3.8) is 0 Å². The molecule has 4 aromatic rings. The lowest BCUT2D eigenvalue weighted by molar-refractivity contribution is -0.119. The van der Waals surface area contributed by atoms with Crippen LogP contribution in [0.5, 0.6) is 0 Å². The third-order valence-electron chi connectivity index (χ3n) is 4.46. The van der Waals surface area contributed by atoms with Gasteiger partial charge in [-0.25, -0.2) is 9.97 Å². The third kappa shape index (κ3) is 5.62. The standard InChI is InChI=1S/C23H20N4O2S2/c1-15(28)24-12-16-7-9-17(10-8-16)20-14-31-23(26-20)27-21(29)11-19-13-30-22(25-19)18-5-3-2-4-6-18/h2-10,13-14H,11-12H2,1H3,(H,24,28)(H,26,27,29). The van der Waals surface area contributed by atoms with Gasteiger partial charge in [0.15, 0.2) is 5.13 Å². The molecule has 2 aromatic heterocycles. The van der Waals surface area contributed by atoms with E-state index in [1.54, 1.807) is 0 Å². The predicted molar refractivity (Wildman–Crippen MR) is 125 cm³/mol. The second-order valence-corrected chi connectivity index (χ2v) is 8.60. The first-order valence-electron chi connectivity index (χ1n) is 9.66. The van der Waals surface area contributed by atoms with Crippen LogP contribution in [0.15, 0.2) is 65.4 Å². The van der Waals surface area contributed by atoms with Gasteiger partial charge in [0.1, 0.15) is 5.01 Å². The van der Waals surface area contributed by atoms with Gasteiger partial charge in [-0.1, -0.05) is 54.6 Å². The maximum Gasteiger partial charge on any atom is 0.232 e. The molecular formula is C23H20N4O2S2. The average Bonchev–Trinajstić information content (AvgIpc) is 3.43. The van der Waals surface area contributed by atoms with Crippen molar-refractivity contribution >= 4 is 39.6 Å². The summed E-state index contributed by atoms with van der Waals surface area (Å²) in [7, 11) is 0. The lowest BCUT2D eigenvalue weighted by Gasteiger charge is -2.03. The van der Waals surface area contributed by atoms with Crippen molar-refractivity contribution in [2.45, 2.75) is 19.9 Å². The van der Waals surface area contributed by atoms with E-state index in [1.807, 2.05) is 65.4 Å². The topological polar surface area (TPSA) is 84.0 Å². The summed E-state index contributed by atoms with van der Waals surface area (Å²) in [6, 6.07) is 17.7. The molecule has 6 nitrogen and oxygen atoms in total. The van der Waals surface area contributed by atoms with Crippen LogP contribution < -0.4 is 10.6 Å². The van der Waals surface area contributed by atoms with Crippen molar-refractivity contribution in [2.75, 3.05) is 5.32 Å². The summed E-state index contributed by atoms with van der Waals surface area (Å²) < 4.78 is 0. The van der Waals surface area contributed by atoms with Crippen LogP contribution in [0.25, 0.3) is 21.8 Å². The van der Waals surface area contributed by atoms with Crippen LogP contribution in [0.2, 0.25) is 0 Å². The largest absolute Gasteiger partial charge is 0.352 e. The molecule has 2 aromatic carbocycles. The minimum Gasteiger partial charge on any atom is -0.352 e. The van der Waals surface area contributed by atoms with E-state index in [-0.39, 0.29) is 18.2 Å². The number of carbonyl (C=O) groups is 2. The molecule has 0 aliphatic heterocycles. The number of hydrogen-bond donors (Lipinski definition) is 2. The maximum atomic E-state index is 12.4. The van der Waals surface area contributed by atoms with Crippen molar-refractivity contribution in [3.8, 4) is 21.8 Å². The van der Waals surface area contributed by atoms with Crippen LogP contribution in [-0.2, 0) is 22.6 Å². The van der Waals surface area contributed by atoms with Gasteiger partial charge in [0, 0.05) is 35.4 Å². The molecule has 0 saturated carbocycles. The van der Waals surface area contributed by atoms with E-state index in [4.69, 9.17) is 0 Å². The van der Waals surface area contributed by atoms with E-state index in [2.05, 4.69) is 20.6 Å². The van der Waals surface area contributed by atoms with E-state index < -0.39 is 0 Å². The number of amides is 2. The Kier molecular flexibility index (Phi) is 6.49. The van der Waals surface area contributed by atoms with Crippen LogP contribution in [0.4, 0.5) is 5.13 Å². The molecule has 2 heterocycles. The Balaban J connectivity index is 1.35. The first-order chi connectivity index (χ1) is 15.1. The van der Waals surface area contributed by atoms with E-state index in [9.17, 15) is 9.59 Å². The van der Waals surface area contributed by atoms with E-state index >= 15 is 0 Å². The number of hydrogen-bond acceptors (Lipinski definition) is 6. The second kappa shape index (κ2) is 9.63. The number of benzene rings is 2. The summed E-state index contributed by atoms with van der Waals surface area (Å²) in [5, 5.41) is 10.9. The molecule has 0 aliphatic carbocycles.